The number of epoxide rings is 1. The molecular weight excluding hydrogens is 556 g/mol. The highest BCUT2D eigenvalue weighted by molar-refractivity contribution is 5.83. The molecule has 0 unspecified atom stereocenters. The SMILES string of the molecule is C=C1[C@@H]([C@@]2(C)C=CC(=O)OC(C)(C)[C@@H]2CC(=O)OC)[C@@H](OC(C)=O)[C@H](OC(=O)C(C)C)[C@@]2(C)[C@H](c3ccoc3)C[C@H]3O[C@]132. The van der Waals surface area contributed by atoms with Gasteiger partial charge in [-0.3, -0.25) is 14.4 Å². The smallest absolute Gasteiger partial charge is 0.330 e. The summed E-state index contributed by atoms with van der Waals surface area (Å²) in [6, 6.07) is 1.89. The van der Waals surface area contributed by atoms with Gasteiger partial charge in [-0.1, -0.05) is 40.3 Å². The number of allylic oxidation sites excluding steroid dienone is 1. The Morgan fingerprint density at radius 2 is 1.84 bits per heavy atom. The van der Waals surface area contributed by atoms with Crippen LogP contribution in [0, 0.1) is 28.6 Å². The first-order chi connectivity index (χ1) is 20.0. The second-order valence-electron chi connectivity index (χ2n) is 13.6. The third-order valence-electron chi connectivity index (χ3n) is 10.5. The lowest BCUT2D eigenvalue weighted by Crippen LogP contribution is -2.66. The van der Waals surface area contributed by atoms with Gasteiger partial charge in [0.05, 0.1) is 43.5 Å². The minimum Gasteiger partial charge on any atom is -0.472 e. The molecule has 9 atom stereocenters. The van der Waals surface area contributed by atoms with E-state index in [1.165, 1.54) is 20.1 Å². The highest BCUT2D eigenvalue weighted by Gasteiger charge is 2.84. The standard InChI is InChI=1S/C33H42O10/c1-17(2)29(37)41-28-27(40-19(4)34)26(31(7)12-10-24(35)43-30(5,6)22(31)15-25(36)38-9)18(3)33-23(42-33)14-21(32(28,33)8)20-11-13-39-16-20/h10-13,16-17,21-23,26-28H,3,14-15H2,1-2,4-9H3/t21-,22-,23+,26+,27+,28-,31-,32+,33+/m0/s1. The lowest BCUT2D eigenvalue weighted by atomic mass is 9.48. The topological polar surface area (TPSA) is 131 Å². The molecular formula is C33H42O10. The van der Waals surface area contributed by atoms with Crippen molar-refractivity contribution in [3.63, 3.8) is 0 Å². The van der Waals surface area contributed by atoms with Crippen LogP contribution in [-0.4, -0.2) is 60.5 Å². The summed E-state index contributed by atoms with van der Waals surface area (Å²) in [6.07, 6.45) is 4.58. The normalized spacial score (nSPS) is 39.3. The third kappa shape index (κ3) is 4.55. The first-order valence-corrected chi connectivity index (χ1v) is 14.8. The van der Waals surface area contributed by atoms with Crippen molar-refractivity contribution in [2.75, 3.05) is 7.11 Å². The van der Waals surface area contributed by atoms with Crippen LogP contribution in [0.3, 0.4) is 0 Å². The molecule has 1 aromatic heterocycles. The van der Waals surface area contributed by atoms with Gasteiger partial charge in [0.15, 0.2) is 0 Å². The lowest BCUT2D eigenvalue weighted by molar-refractivity contribution is -0.211. The van der Waals surface area contributed by atoms with Crippen molar-refractivity contribution in [2.45, 2.75) is 96.7 Å². The quantitative estimate of drug-likeness (QED) is 0.189. The molecule has 2 saturated carbocycles. The van der Waals surface area contributed by atoms with Crippen LogP contribution in [0.5, 0.6) is 0 Å². The third-order valence-corrected chi connectivity index (χ3v) is 10.5. The van der Waals surface area contributed by atoms with Gasteiger partial charge >= 0.3 is 23.9 Å². The molecule has 5 rings (SSSR count). The Hall–Kier alpha value is -3.40. The number of furan rings is 1. The van der Waals surface area contributed by atoms with Crippen LogP contribution < -0.4 is 0 Å². The summed E-state index contributed by atoms with van der Waals surface area (Å²) in [5.74, 6) is -4.12. The second kappa shape index (κ2) is 10.4. The minimum atomic E-state index is -1.15. The fourth-order valence-electron chi connectivity index (χ4n) is 8.55. The molecule has 234 valence electrons. The van der Waals surface area contributed by atoms with Gasteiger partial charge in [-0.15, -0.1) is 0 Å². The summed E-state index contributed by atoms with van der Waals surface area (Å²) in [7, 11) is 1.30. The van der Waals surface area contributed by atoms with Crippen molar-refractivity contribution in [3.8, 4) is 0 Å². The van der Waals surface area contributed by atoms with Crippen molar-refractivity contribution in [3.05, 3.63) is 48.5 Å². The Kier molecular flexibility index (Phi) is 7.47. The van der Waals surface area contributed by atoms with Crippen LogP contribution in [0.25, 0.3) is 0 Å². The number of ether oxygens (including phenoxy) is 5. The van der Waals surface area contributed by atoms with Crippen LogP contribution in [0.15, 0.2) is 47.3 Å². The summed E-state index contributed by atoms with van der Waals surface area (Å²) in [5, 5.41) is 0. The molecule has 1 saturated heterocycles. The molecule has 10 nitrogen and oxygen atoms in total. The molecule has 0 amide bonds. The first-order valence-electron chi connectivity index (χ1n) is 14.8. The van der Waals surface area contributed by atoms with Gasteiger partial charge in [-0.05, 0) is 37.5 Å². The van der Waals surface area contributed by atoms with E-state index in [1.807, 2.05) is 19.9 Å². The Morgan fingerprint density at radius 3 is 2.42 bits per heavy atom. The summed E-state index contributed by atoms with van der Waals surface area (Å²) in [4.78, 5) is 51.9. The van der Waals surface area contributed by atoms with E-state index in [0.29, 0.717) is 12.0 Å². The van der Waals surface area contributed by atoms with Gasteiger partial charge in [0.25, 0.3) is 0 Å². The number of cyclic esters (lactones) is 1. The van der Waals surface area contributed by atoms with Gasteiger partial charge in [0.1, 0.15) is 23.4 Å². The molecule has 3 fully saturated rings. The van der Waals surface area contributed by atoms with Crippen LogP contribution >= 0.6 is 0 Å². The summed E-state index contributed by atoms with van der Waals surface area (Å²) >= 11 is 0. The molecule has 43 heavy (non-hydrogen) atoms. The molecule has 0 radical (unpaired) electrons. The molecule has 1 aromatic rings. The average Bonchev–Trinajstić information content (AvgIpc) is 3.29. The monoisotopic (exact) mass is 598 g/mol. The molecule has 0 aromatic carbocycles. The number of carbonyl (C=O) groups excluding carboxylic acids is 4. The van der Waals surface area contributed by atoms with Crippen LogP contribution in [0.1, 0.15) is 72.8 Å². The summed E-state index contributed by atoms with van der Waals surface area (Å²) < 4.78 is 35.4. The van der Waals surface area contributed by atoms with E-state index in [1.54, 1.807) is 46.3 Å². The first kappa shape index (κ1) is 31.0. The van der Waals surface area contributed by atoms with E-state index in [0.717, 1.165) is 5.56 Å². The van der Waals surface area contributed by atoms with Crippen molar-refractivity contribution in [1.82, 2.24) is 0 Å². The van der Waals surface area contributed by atoms with Crippen molar-refractivity contribution in [1.29, 1.82) is 0 Å². The van der Waals surface area contributed by atoms with Gasteiger partial charge in [0.2, 0.25) is 0 Å². The maximum Gasteiger partial charge on any atom is 0.330 e. The van der Waals surface area contributed by atoms with E-state index in [9.17, 15) is 19.2 Å². The predicted molar refractivity (Wildman–Crippen MR) is 152 cm³/mol. The van der Waals surface area contributed by atoms with E-state index in [2.05, 4.69) is 6.58 Å². The number of esters is 4. The maximum absolute atomic E-state index is 13.4. The molecule has 1 spiro atoms. The number of hydrogen-bond donors (Lipinski definition) is 0. The fraction of sp³-hybridized carbons (Fsp3) is 0.636. The average molecular weight is 599 g/mol. The number of hydrogen-bond acceptors (Lipinski definition) is 10. The zero-order valence-corrected chi connectivity index (χ0v) is 26.1. The molecule has 2 aliphatic heterocycles. The van der Waals surface area contributed by atoms with Crippen LogP contribution in [0.4, 0.5) is 0 Å². The Morgan fingerprint density at radius 1 is 1.14 bits per heavy atom. The van der Waals surface area contributed by atoms with E-state index in [-0.39, 0.29) is 18.4 Å². The highest BCUT2D eigenvalue weighted by Crippen LogP contribution is 2.76. The highest BCUT2D eigenvalue weighted by atomic mass is 16.6. The maximum atomic E-state index is 13.4. The Balaban J connectivity index is 1.75. The summed E-state index contributed by atoms with van der Waals surface area (Å²) in [6.45, 7) is 16.8. The lowest BCUT2D eigenvalue weighted by Gasteiger charge is -2.58. The van der Waals surface area contributed by atoms with Crippen molar-refractivity contribution >= 4 is 23.9 Å². The van der Waals surface area contributed by atoms with Crippen molar-refractivity contribution in [2.24, 2.45) is 28.6 Å². The molecule has 10 heteroatoms. The molecule has 2 aliphatic carbocycles. The number of methoxy groups -OCH3 is 1. The summed E-state index contributed by atoms with van der Waals surface area (Å²) in [5.41, 5.74) is -2.49. The van der Waals surface area contributed by atoms with Crippen LogP contribution in [-0.2, 0) is 42.9 Å². The van der Waals surface area contributed by atoms with E-state index < -0.39 is 75.9 Å². The van der Waals surface area contributed by atoms with Crippen molar-refractivity contribution < 1.29 is 47.3 Å². The zero-order valence-electron chi connectivity index (χ0n) is 26.1. The second-order valence-corrected chi connectivity index (χ2v) is 13.6. The predicted octanol–water partition coefficient (Wildman–Crippen LogP) is 4.67. The molecule has 0 bridgehead atoms. The van der Waals surface area contributed by atoms with Crippen LogP contribution in [0.2, 0.25) is 0 Å². The van der Waals surface area contributed by atoms with Gasteiger partial charge in [0, 0.05) is 36.2 Å². The number of carbonyl (C=O) groups is 4. The zero-order chi connectivity index (χ0) is 31.7. The number of rotatable bonds is 7. The van der Waals surface area contributed by atoms with Gasteiger partial charge in [-0.25, -0.2) is 4.79 Å². The largest absolute Gasteiger partial charge is 0.472 e. The molecule has 0 N–H and O–H groups in total. The van der Waals surface area contributed by atoms with Gasteiger partial charge < -0.3 is 28.1 Å². The Labute approximate surface area is 252 Å². The molecule has 3 heterocycles. The van der Waals surface area contributed by atoms with Gasteiger partial charge in [-0.2, -0.15) is 0 Å². The minimum absolute atomic E-state index is 0.100. The van der Waals surface area contributed by atoms with E-state index >= 15 is 0 Å². The fourth-order valence-corrected chi connectivity index (χ4v) is 8.55. The molecule has 4 aliphatic rings. The Bertz CT molecular complexity index is 1360. The van der Waals surface area contributed by atoms with E-state index in [4.69, 9.17) is 28.1 Å².